The van der Waals surface area contributed by atoms with Crippen molar-refractivity contribution in [1.29, 1.82) is 0 Å². The van der Waals surface area contributed by atoms with Crippen LogP contribution in [0, 0.1) is 0 Å². The van der Waals surface area contributed by atoms with E-state index < -0.39 is 0 Å². The van der Waals surface area contributed by atoms with Crippen LogP contribution < -0.4 is 15.8 Å². The molecule has 0 aliphatic carbocycles. The fourth-order valence-corrected chi connectivity index (χ4v) is 2.60. The number of rotatable bonds is 3. The Morgan fingerprint density at radius 3 is 2.88 bits per heavy atom. The predicted octanol–water partition coefficient (Wildman–Crippen LogP) is 2.49. The molecule has 0 saturated carbocycles. The van der Waals surface area contributed by atoms with Gasteiger partial charge >= 0.3 is 0 Å². The molecule has 3 N–H and O–H groups in total. The molecule has 2 atom stereocenters. The van der Waals surface area contributed by atoms with Crippen LogP contribution in [0.25, 0.3) is 0 Å². The molecule has 0 spiro atoms. The Morgan fingerprint density at radius 1 is 1.47 bits per heavy atom. The van der Waals surface area contributed by atoms with Crippen molar-refractivity contribution >= 4 is 11.6 Å². The van der Waals surface area contributed by atoms with Gasteiger partial charge in [0.25, 0.3) is 0 Å². The van der Waals surface area contributed by atoms with E-state index in [2.05, 4.69) is 5.32 Å². The number of benzene rings is 1. The van der Waals surface area contributed by atoms with Gasteiger partial charge in [0.1, 0.15) is 5.75 Å². The summed E-state index contributed by atoms with van der Waals surface area (Å²) in [6, 6.07) is 5.97. The molecule has 1 saturated heterocycles. The van der Waals surface area contributed by atoms with Crippen molar-refractivity contribution in [2.24, 2.45) is 5.73 Å². The summed E-state index contributed by atoms with van der Waals surface area (Å²) in [5.41, 5.74) is 7.27. The van der Waals surface area contributed by atoms with Crippen molar-refractivity contribution in [3.63, 3.8) is 0 Å². The molecule has 17 heavy (non-hydrogen) atoms. The zero-order valence-corrected chi connectivity index (χ0v) is 10.8. The maximum absolute atomic E-state index is 6.27. The van der Waals surface area contributed by atoms with Crippen molar-refractivity contribution in [2.45, 2.75) is 31.3 Å². The van der Waals surface area contributed by atoms with E-state index in [0.29, 0.717) is 11.1 Å². The Bertz CT molecular complexity index is 378. The molecule has 1 aliphatic rings. The van der Waals surface area contributed by atoms with Crippen molar-refractivity contribution in [3.8, 4) is 5.75 Å². The smallest absolute Gasteiger partial charge is 0.120 e. The van der Waals surface area contributed by atoms with E-state index in [9.17, 15) is 0 Å². The summed E-state index contributed by atoms with van der Waals surface area (Å²) in [7, 11) is 1.63. The second-order valence-corrected chi connectivity index (χ2v) is 4.88. The van der Waals surface area contributed by atoms with E-state index in [4.69, 9.17) is 22.1 Å². The third-order valence-electron chi connectivity index (χ3n) is 3.35. The Labute approximate surface area is 107 Å². The van der Waals surface area contributed by atoms with Crippen molar-refractivity contribution in [1.82, 2.24) is 5.32 Å². The second kappa shape index (κ2) is 5.71. The summed E-state index contributed by atoms with van der Waals surface area (Å²) in [6.07, 6.45) is 3.59. The molecule has 0 bridgehead atoms. The van der Waals surface area contributed by atoms with Gasteiger partial charge in [0.05, 0.1) is 7.11 Å². The molecule has 0 amide bonds. The topological polar surface area (TPSA) is 47.3 Å². The normalized spacial score (nSPS) is 22.2. The minimum atomic E-state index is -0.0475. The molecule has 4 heteroatoms. The van der Waals surface area contributed by atoms with Crippen LogP contribution >= 0.6 is 11.6 Å². The highest BCUT2D eigenvalue weighted by Crippen LogP contribution is 2.29. The van der Waals surface area contributed by atoms with Gasteiger partial charge in [0.15, 0.2) is 0 Å². The van der Waals surface area contributed by atoms with Gasteiger partial charge in [-0.1, -0.05) is 24.1 Å². The third kappa shape index (κ3) is 2.92. The summed E-state index contributed by atoms with van der Waals surface area (Å²) < 4.78 is 5.13. The number of methoxy groups -OCH3 is 1. The van der Waals surface area contributed by atoms with E-state index in [1.54, 1.807) is 7.11 Å². The largest absolute Gasteiger partial charge is 0.497 e. The molecule has 2 rings (SSSR count). The highest BCUT2D eigenvalue weighted by molar-refractivity contribution is 6.31. The fourth-order valence-electron chi connectivity index (χ4n) is 2.31. The molecule has 0 aromatic heterocycles. The standard InChI is InChI=1S/C13H19ClN2O/c1-17-9-5-6-10(11(14)8-9)13(15)12-4-2-3-7-16-12/h5-6,8,12-13,16H,2-4,7,15H2,1H3. The maximum atomic E-state index is 6.27. The first-order chi connectivity index (χ1) is 8.22. The van der Waals surface area contributed by atoms with E-state index in [1.165, 1.54) is 12.8 Å². The summed E-state index contributed by atoms with van der Waals surface area (Å²) >= 11 is 6.23. The van der Waals surface area contributed by atoms with Gasteiger partial charge < -0.3 is 15.8 Å². The maximum Gasteiger partial charge on any atom is 0.120 e. The number of nitrogens with one attached hydrogen (secondary N) is 1. The minimum Gasteiger partial charge on any atom is -0.497 e. The lowest BCUT2D eigenvalue weighted by atomic mass is 9.93. The molecule has 1 aromatic carbocycles. The van der Waals surface area contributed by atoms with E-state index in [-0.39, 0.29) is 6.04 Å². The molecule has 1 heterocycles. The Kier molecular flexibility index (Phi) is 4.26. The highest BCUT2D eigenvalue weighted by atomic mass is 35.5. The minimum absolute atomic E-state index is 0.0475. The van der Waals surface area contributed by atoms with E-state index in [1.807, 2.05) is 18.2 Å². The molecule has 1 fully saturated rings. The average Bonchev–Trinajstić information content (AvgIpc) is 2.39. The van der Waals surface area contributed by atoms with Gasteiger partial charge in [0, 0.05) is 17.1 Å². The van der Waals surface area contributed by atoms with Gasteiger partial charge in [-0.15, -0.1) is 0 Å². The SMILES string of the molecule is COc1ccc(C(N)C2CCCCN2)c(Cl)c1. The van der Waals surface area contributed by atoms with Gasteiger partial charge in [-0.3, -0.25) is 0 Å². The van der Waals surface area contributed by atoms with Crippen LogP contribution in [0.3, 0.4) is 0 Å². The van der Waals surface area contributed by atoms with Crippen molar-refractivity contribution < 1.29 is 4.74 Å². The quantitative estimate of drug-likeness (QED) is 0.871. The zero-order valence-electron chi connectivity index (χ0n) is 10.1. The van der Waals surface area contributed by atoms with Crippen LogP contribution in [0.4, 0.5) is 0 Å². The molecule has 1 aliphatic heterocycles. The van der Waals surface area contributed by atoms with Crippen LogP contribution in [0.1, 0.15) is 30.9 Å². The van der Waals surface area contributed by atoms with Crippen LogP contribution in [0.15, 0.2) is 18.2 Å². The lowest BCUT2D eigenvalue weighted by Gasteiger charge is -2.29. The summed E-state index contributed by atoms with van der Waals surface area (Å²) in [6.45, 7) is 1.05. The Hall–Kier alpha value is -0.770. The molecule has 94 valence electrons. The van der Waals surface area contributed by atoms with Crippen LogP contribution in [-0.4, -0.2) is 19.7 Å². The number of halogens is 1. The third-order valence-corrected chi connectivity index (χ3v) is 3.68. The monoisotopic (exact) mass is 254 g/mol. The molecule has 2 unspecified atom stereocenters. The first kappa shape index (κ1) is 12.7. The highest BCUT2D eigenvalue weighted by Gasteiger charge is 2.23. The molecule has 0 radical (unpaired) electrons. The predicted molar refractivity (Wildman–Crippen MR) is 70.6 cm³/mol. The molecular formula is C13H19ClN2O. The number of hydrogen-bond donors (Lipinski definition) is 2. The van der Waals surface area contributed by atoms with Crippen molar-refractivity contribution in [2.75, 3.05) is 13.7 Å². The Balaban J connectivity index is 2.15. The molecule has 3 nitrogen and oxygen atoms in total. The molecule has 1 aromatic rings. The Morgan fingerprint density at radius 2 is 2.29 bits per heavy atom. The number of hydrogen-bond acceptors (Lipinski definition) is 3. The van der Waals surface area contributed by atoms with Gasteiger partial charge in [-0.25, -0.2) is 0 Å². The summed E-state index contributed by atoms with van der Waals surface area (Å²) in [5.74, 6) is 0.766. The average molecular weight is 255 g/mol. The number of ether oxygens (including phenoxy) is 1. The number of piperidine rings is 1. The lowest BCUT2D eigenvalue weighted by Crippen LogP contribution is -2.42. The van der Waals surface area contributed by atoms with Crippen LogP contribution in [-0.2, 0) is 0 Å². The van der Waals surface area contributed by atoms with Crippen LogP contribution in [0.5, 0.6) is 5.75 Å². The van der Waals surface area contributed by atoms with Crippen LogP contribution in [0.2, 0.25) is 5.02 Å². The first-order valence-corrected chi connectivity index (χ1v) is 6.42. The summed E-state index contributed by atoms with van der Waals surface area (Å²) in [4.78, 5) is 0. The second-order valence-electron chi connectivity index (χ2n) is 4.47. The lowest BCUT2D eigenvalue weighted by molar-refractivity contribution is 0.353. The van der Waals surface area contributed by atoms with Gasteiger partial charge in [-0.05, 0) is 37.1 Å². The van der Waals surface area contributed by atoms with Gasteiger partial charge in [0.2, 0.25) is 0 Å². The first-order valence-electron chi connectivity index (χ1n) is 6.05. The van der Waals surface area contributed by atoms with E-state index in [0.717, 1.165) is 24.3 Å². The number of nitrogens with two attached hydrogens (primary N) is 1. The fraction of sp³-hybridized carbons (Fsp3) is 0.538. The van der Waals surface area contributed by atoms with Gasteiger partial charge in [-0.2, -0.15) is 0 Å². The molecular weight excluding hydrogens is 236 g/mol. The van der Waals surface area contributed by atoms with E-state index >= 15 is 0 Å². The zero-order chi connectivity index (χ0) is 12.3. The summed E-state index contributed by atoms with van der Waals surface area (Å²) in [5, 5.41) is 4.14. The van der Waals surface area contributed by atoms with Crippen molar-refractivity contribution in [3.05, 3.63) is 28.8 Å².